The highest BCUT2D eigenvalue weighted by atomic mass is 35.7. The minimum Gasteiger partial charge on any atom is -0.437 e. The Balaban J connectivity index is 3.02. The molecule has 0 aliphatic heterocycles. The molecule has 0 aromatic carbocycles. The molecule has 0 unspecified atom stereocenters. The summed E-state index contributed by atoms with van der Waals surface area (Å²) in [6.07, 6.45) is -0.908. The zero-order chi connectivity index (χ0) is 11.6. The average molecular weight is 271 g/mol. The largest absolute Gasteiger partial charge is 0.514 e. The summed E-state index contributed by atoms with van der Waals surface area (Å²) >= 11 is 0.767. The standard InChI is InChI=1S/C7H7ClO5S2/c1-4-3-5(13-7(9)12-2)14-6(4)15(8,10)11/h3H,1-2H3. The van der Waals surface area contributed by atoms with Crippen molar-refractivity contribution in [3.8, 4) is 5.06 Å². The van der Waals surface area contributed by atoms with Crippen molar-refractivity contribution in [3.05, 3.63) is 11.6 Å². The molecule has 5 nitrogen and oxygen atoms in total. The van der Waals surface area contributed by atoms with E-state index in [-0.39, 0.29) is 9.27 Å². The first-order valence-corrected chi connectivity index (χ1v) is 6.78. The van der Waals surface area contributed by atoms with Gasteiger partial charge >= 0.3 is 6.16 Å². The predicted octanol–water partition coefficient (Wildman–Crippen LogP) is 2.13. The van der Waals surface area contributed by atoms with Crippen molar-refractivity contribution in [2.24, 2.45) is 0 Å². The Morgan fingerprint density at radius 2 is 2.13 bits per heavy atom. The van der Waals surface area contributed by atoms with Crippen molar-refractivity contribution < 1.29 is 22.7 Å². The number of hydrogen-bond acceptors (Lipinski definition) is 6. The Hall–Kier alpha value is -0.790. The van der Waals surface area contributed by atoms with Gasteiger partial charge in [0.15, 0.2) is 5.06 Å². The second-order valence-electron chi connectivity index (χ2n) is 2.53. The lowest BCUT2D eigenvalue weighted by Crippen LogP contribution is -2.05. The highest BCUT2D eigenvalue weighted by Crippen LogP contribution is 2.34. The third-order valence-electron chi connectivity index (χ3n) is 1.42. The zero-order valence-electron chi connectivity index (χ0n) is 7.81. The number of methoxy groups -OCH3 is 1. The summed E-state index contributed by atoms with van der Waals surface area (Å²) in [5, 5.41) is 0.124. The SMILES string of the molecule is COC(=O)Oc1cc(C)c(S(=O)(=O)Cl)s1. The van der Waals surface area contributed by atoms with E-state index in [2.05, 4.69) is 9.47 Å². The van der Waals surface area contributed by atoms with Gasteiger partial charge in [0.25, 0.3) is 9.05 Å². The summed E-state index contributed by atoms with van der Waals surface area (Å²) in [5.74, 6) is 0. The summed E-state index contributed by atoms with van der Waals surface area (Å²) in [6, 6.07) is 1.40. The van der Waals surface area contributed by atoms with Crippen molar-refractivity contribution in [1.82, 2.24) is 0 Å². The van der Waals surface area contributed by atoms with Gasteiger partial charge in [-0.1, -0.05) is 11.3 Å². The Bertz CT molecular complexity index is 476. The Kier molecular flexibility index (Phi) is 3.58. The molecule has 0 atom stereocenters. The number of hydrogen-bond donors (Lipinski definition) is 0. The van der Waals surface area contributed by atoms with Crippen molar-refractivity contribution in [2.75, 3.05) is 7.11 Å². The molecule has 0 spiro atoms. The summed E-state index contributed by atoms with van der Waals surface area (Å²) < 4.78 is 30.9. The maximum absolute atomic E-state index is 11.0. The molecule has 1 aromatic rings. The van der Waals surface area contributed by atoms with Crippen LogP contribution < -0.4 is 4.74 Å². The third-order valence-corrected chi connectivity index (χ3v) is 4.74. The Morgan fingerprint density at radius 1 is 1.53 bits per heavy atom. The van der Waals surface area contributed by atoms with Gasteiger partial charge in [0.2, 0.25) is 0 Å². The molecule has 0 bridgehead atoms. The fourth-order valence-corrected chi connectivity index (χ4v) is 3.34. The molecule has 0 N–H and O–H groups in total. The molecule has 1 aromatic heterocycles. The molecule has 1 rings (SSSR count). The summed E-state index contributed by atoms with van der Waals surface area (Å²) in [7, 11) is 2.52. The fraction of sp³-hybridized carbons (Fsp3) is 0.286. The van der Waals surface area contributed by atoms with Gasteiger partial charge in [-0.15, -0.1) is 0 Å². The molecule has 0 amide bonds. The summed E-state index contributed by atoms with van der Waals surface area (Å²) in [5.41, 5.74) is 0.425. The predicted molar refractivity (Wildman–Crippen MR) is 55.1 cm³/mol. The van der Waals surface area contributed by atoms with E-state index in [0.29, 0.717) is 5.56 Å². The maximum Gasteiger partial charge on any atom is 0.514 e. The maximum atomic E-state index is 11.0. The number of ether oxygens (including phenoxy) is 2. The van der Waals surface area contributed by atoms with E-state index in [4.69, 9.17) is 10.7 Å². The first-order chi connectivity index (χ1) is 6.84. The lowest BCUT2D eigenvalue weighted by Gasteiger charge is -1.96. The number of halogens is 1. The Labute approximate surface area is 95.0 Å². The van der Waals surface area contributed by atoms with Crippen LogP contribution in [-0.2, 0) is 13.8 Å². The molecule has 0 saturated carbocycles. The van der Waals surface area contributed by atoms with E-state index in [0.717, 1.165) is 18.4 Å². The van der Waals surface area contributed by atoms with E-state index in [9.17, 15) is 13.2 Å². The van der Waals surface area contributed by atoms with Crippen LogP contribution in [0.2, 0.25) is 0 Å². The number of carbonyl (C=O) groups excluding carboxylic acids is 1. The number of carbonyl (C=O) groups is 1. The highest BCUT2D eigenvalue weighted by molar-refractivity contribution is 8.15. The lowest BCUT2D eigenvalue weighted by molar-refractivity contribution is 0.123. The first kappa shape index (κ1) is 12.3. The molecule has 84 valence electrons. The van der Waals surface area contributed by atoms with E-state index in [1.165, 1.54) is 6.07 Å². The molecule has 15 heavy (non-hydrogen) atoms. The molecule has 0 radical (unpaired) electrons. The topological polar surface area (TPSA) is 69.7 Å². The fourth-order valence-electron chi connectivity index (χ4n) is 0.853. The van der Waals surface area contributed by atoms with E-state index < -0.39 is 15.2 Å². The van der Waals surface area contributed by atoms with Crippen LogP contribution in [0.25, 0.3) is 0 Å². The van der Waals surface area contributed by atoms with Crippen LogP contribution in [0.5, 0.6) is 5.06 Å². The van der Waals surface area contributed by atoms with Gasteiger partial charge in [0.1, 0.15) is 4.21 Å². The van der Waals surface area contributed by atoms with Gasteiger partial charge in [-0.3, -0.25) is 0 Å². The molecule has 0 aliphatic rings. The molecule has 8 heteroatoms. The first-order valence-electron chi connectivity index (χ1n) is 3.65. The second kappa shape index (κ2) is 4.38. The van der Waals surface area contributed by atoms with Crippen molar-refractivity contribution in [1.29, 1.82) is 0 Å². The van der Waals surface area contributed by atoms with Crippen LogP contribution in [0.15, 0.2) is 10.3 Å². The summed E-state index contributed by atoms with van der Waals surface area (Å²) in [6.45, 7) is 1.55. The third kappa shape index (κ3) is 3.08. The van der Waals surface area contributed by atoms with Crippen LogP contribution in [0.4, 0.5) is 4.79 Å². The Morgan fingerprint density at radius 3 is 2.53 bits per heavy atom. The van der Waals surface area contributed by atoms with E-state index >= 15 is 0 Å². The van der Waals surface area contributed by atoms with Crippen LogP contribution in [-0.4, -0.2) is 21.7 Å². The quantitative estimate of drug-likeness (QED) is 0.608. The molecular weight excluding hydrogens is 264 g/mol. The highest BCUT2D eigenvalue weighted by Gasteiger charge is 2.19. The lowest BCUT2D eigenvalue weighted by atomic mass is 10.4. The molecule has 1 heterocycles. The zero-order valence-corrected chi connectivity index (χ0v) is 10.2. The molecule has 0 aliphatic carbocycles. The van der Waals surface area contributed by atoms with E-state index in [1.807, 2.05) is 0 Å². The monoisotopic (exact) mass is 270 g/mol. The minimum absolute atomic E-state index is 0.0388. The van der Waals surface area contributed by atoms with Gasteiger partial charge in [-0.25, -0.2) is 13.2 Å². The number of aryl methyl sites for hydroxylation is 1. The van der Waals surface area contributed by atoms with Gasteiger partial charge in [-0.2, -0.15) is 0 Å². The van der Waals surface area contributed by atoms with Crippen LogP contribution in [0.3, 0.4) is 0 Å². The normalized spacial score (nSPS) is 11.1. The van der Waals surface area contributed by atoms with Crippen molar-refractivity contribution >= 4 is 37.2 Å². The minimum atomic E-state index is -3.80. The van der Waals surface area contributed by atoms with Crippen molar-refractivity contribution in [2.45, 2.75) is 11.1 Å². The van der Waals surface area contributed by atoms with Crippen LogP contribution >= 0.6 is 22.0 Å². The molecular formula is C7H7ClO5S2. The van der Waals surface area contributed by atoms with Gasteiger partial charge < -0.3 is 9.47 Å². The van der Waals surface area contributed by atoms with Crippen LogP contribution in [0, 0.1) is 6.92 Å². The van der Waals surface area contributed by atoms with Gasteiger partial charge in [0.05, 0.1) is 7.11 Å². The second-order valence-corrected chi connectivity index (χ2v) is 6.31. The smallest absolute Gasteiger partial charge is 0.437 e. The molecule has 0 saturated heterocycles. The number of thiophene rings is 1. The number of rotatable bonds is 2. The summed E-state index contributed by atoms with van der Waals surface area (Å²) in [4.78, 5) is 10.7. The average Bonchev–Trinajstić information content (AvgIpc) is 2.45. The van der Waals surface area contributed by atoms with Gasteiger partial charge in [0, 0.05) is 10.7 Å². The van der Waals surface area contributed by atoms with E-state index in [1.54, 1.807) is 6.92 Å². The molecule has 0 fully saturated rings. The van der Waals surface area contributed by atoms with Crippen LogP contribution in [0.1, 0.15) is 5.56 Å². The van der Waals surface area contributed by atoms with Gasteiger partial charge in [-0.05, 0) is 18.6 Å². The van der Waals surface area contributed by atoms with Crippen molar-refractivity contribution in [3.63, 3.8) is 0 Å².